The maximum absolute atomic E-state index is 12.4. The number of nitrogen functional groups attached to an aromatic ring is 1. The predicted octanol–water partition coefficient (Wildman–Crippen LogP) is 2.54. The van der Waals surface area contributed by atoms with Crippen LogP contribution in [0.4, 0.5) is 5.69 Å². The summed E-state index contributed by atoms with van der Waals surface area (Å²) in [5.41, 5.74) is 7.22. The average Bonchev–Trinajstić information content (AvgIpc) is 2.70. The molecule has 1 aromatic rings. The maximum Gasteiger partial charge on any atom is 0.240 e. The van der Waals surface area contributed by atoms with E-state index in [-0.39, 0.29) is 15.7 Å². The summed E-state index contributed by atoms with van der Waals surface area (Å²) < 4.78 is 27.5. The molecule has 20 heavy (non-hydrogen) atoms. The molecule has 0 heterocycles. The van der Waals surface area contributed by atoms with Crippen molar-refractivity contribution in [3.05, 3.63) is 23.8 Å². The van der Waals surface area contributed by atoms with Gasteiger partial charge in [-0.1, -0.05) is 33.8 Å². The molecule has 2 rings (SSSR count). The van der Waals surface area contributed by atoms with Crippen molar-refractivity contribution in [1.82, 2.24) is 4.72 Å². The van der Waals surface area contributed by atoms with Crippen LogP contribution in [0.1, 0.15) is 33.3 Å². The van der Waals surface area contributed by atoms with Gasteiger partial charge in [0.1, 0.15) is 0 Å². The van der Waals surface area contributed by atoms with Gasteiger partial charge in [0.25, 0.3) is 0 Å². The number of nitrogens with two attached hydrogens (primary N) is 1. The van der Waals surface area contributed by atoms with E-state index in [0.29, 0.717) is 23.7 Å². The number of hydrogen-bond donors (Lipinski definition) is 2. The van der Waals surface area contributed by atoms with E-state index < -0.39 is 10.0 Å². The van der Waals surface area contributed by atoms with E-state index in [1.54, 1.807) is 25.1 Å². The summed E-state index contributed by atoms with van der Waals surface area (Å²) in [7, 11) is -3.50. The molecule has 0 unspecified atom stereocenters. The van der Waals surface area contributed by atoms with Gasteiger partial charge in [0.15, 0.2) is 0 Å². The Morgan fingerprint density at radius 3 is 2.25 bits per heavy atom. The van der Waals surface area contributed by atoms with Crippen LogP contribution in [0.3, 0.4) is 0 Å². The minimum atomic E-state index is -3.50. The monoisotopic (exact) mass is 296 g/mol. The van der Waals surface area contributed by atoms with Gasteiger partial charge < -0.3 is 5.73 Å². The van der Waals surface area contributed by atoms with Gasteiger partial charge in [0, 0.05) is 12.2 Å². The van der Waals surface area contributed by atoms with Crippen LogP contribution in [0.2, 0.25) is 0 Å². The molecule has 1 fully saturated rings. The highest BCUT2D eigenvalue weighted by Gasteiger charge is 2.64. The largest absolute Gasteiger partial charge is 0.398 e. The molecule has 3 N–H and O–H groups in total. The number of rotatable bonds is 4. The lowest BCUT2D eigenvalue weighted by Gasteiger charge is -2.11. The van der Waals surface area contributed by atoms with Crippen molar-refractivity contribution in [3.63, 3.8) is 0 Å². The summed E-state index contributed by atoms with van der Waals surface area (Å²) in [6.07, 6.45) is 0. The van der Waals surface area contributed by atoms with Gasteiger partial charge in [0.05, 0.1) is 4.90 Å². The molecule has 0 amide bonds. The SMILES string of the molecule is Cc1c(N)cccc1S(=O)(=O)NCC1C(C)(C)C1(C)C. The molecule has 4 nitrogen and oxygen atoms in total. The van der Waals surface area contributed by atoms with Crippen LogP contribution in [-0.2, 0) is 10.0 Å². The first-order valence-electron chi connectivity index (χ1n) is 6.86. The predicted molar refractivity (Wildman–Crippen MR) is 81.8 cm³/mol. The molecule has 1 aliphatic carbocycles. The molecule has 0 atom stereocenters. The maximum atomic E-state index is 12.4. The average molecular weight is 296 g/mol. The summed E-state index contributed by atoms with van der Waals surface area (Å²) in [4.78, 5) is 0.272. The van der Waals surface area contributed by atoms with E-state index in [2.05, 4.69) is 32.4 Å². The highest BCUT2D eigenvalue weighted by Crippen LogP contribution is 2.67. The topological polar surface area (TPSA) is 72.2 Å². The van der Waals surface area contributed by atoms with Crippen LogP contribution in [0.25, 0.3) is 0 Å². The Morgan fingerprint density at radius 2 is 1.75 bits per heavy atom. The number of nitrogens with one attached hydrogen (secondary N) is 1. The van der Waals surface area contributed by atoms with Crippen molar-refractivity contribution in [3.8, 4) is 0 Å². The Bertz CT molecular complexity index is 619. The van der Waals surface area contributed by atoms with E-state index in [4.69, 9.17) is 5.73 Å². The zero-order valence-corrected chi connectivity index (χ0v) is 13.6. The lowest BCUT2D eigenvalue weighted by Crippen LogP contribution is -2.28. The van der Waals surface area contributed by atoms with Gasteiger partial charge in [-0.25, -0.2) is 13.1 Å². The molecule has 0 radical (unpaired) electrons. The fourth-order valence-electron chi connectivity index (χ4n) is 3.04. The second kappa shape index (κ2) is 4.46. The molecule has 0 saturated heterocycles. The molecule has 0 bridgehead atoms. The first-order valence-corrected chi connectivity index (χ1v) is 8.35. The van der Waals surface area contributed by atoms with Crippen LogP contribution in [0.15, 0.2) is 23.1 Å². The second-order valence-corrected chi connectivity index (χ2v) is 8.55. The Balaban J connectivity index is 2.16. The molecule has 0 aliphatic heterocycles. The second-order valence-electron chi connectivity index (χ2n) is 6.82. The standard InChI is InChI=1S/C15H24N2O2S/c1-10-11(16)7-6-8-12(10)20(18,19)17-9-13-14(2,3)15(13,4)5/h6-8,13,17H,9,16H2,1-5H3. The van der Waals surface area contributed by atoms with Gasteiger partial charge in [-0.15, -0.1) is 0 Å². The van der Waals surface area contributed by atoms with Crippen LogP contribution in [0.5, 0.6) is 0 Å². The Hall–Kier alpha value is -1.07. The molecule has 112 valence electrons. The third kappa shape index (κ3) is 2.23. The fraction of sp³-hybridized carbons (Fsp3) is 0.600. The Kier molecular flexibility index (Phi) is 3.42. The summed E-state index contributed by atoms with van der Waals surface area (Å²) >= 11 is 0. The molecule has 5 heteroatoms. The van der Waals surface area contributed by atoms with Crippen LogP contribution >= 0.6 is 0 Å². The van der Waals surface area contributed by atoms with Crippen molar-refractivity contribution < 1.29 is 8.42 Å². The normalized spacial score (nSPS) is 20.9. The molecule has 0 spiro atoms. The van der Waals surface area contributed by atoms with E-state index >= 15 is 0 Å². The van der Waals surface area contributed by atoms with Crippen LogP contribution < -0.4 is 10.5 Å². The minimum absolute atomic E-state index is 0.167. The molecule has 1 aromatic carbocycles. The fourth-order valence-corrected chi connectivity index (χ4v) is 4.36. The Morgan fingerprint density at radius 1 is 1.20 bits per heavy atom. The zero-order chi connectivity index (χ0) is 15.3. The molecule has 1 aliphatic rings. The zero-order valence-electron chi connectivity index (χ0n) is 12.8. The van der Waals surface area contributed by atoms with Crippen molar-refractivity contribution in [2.45, 2.75) is 39.5 Å². The van der Waals surface area contributed by atoms with Gasteiger partial charge >= 0.3 is 0 Å². The van der Waals surface area contributed by atoms with Crippen LogP contribution in [0, 0.1) is 23.7 Å². The molecular formula is C15H24N2O2S. The van der Waals surface area contributed by atoms with E-state index in [1.807, 2.05) is 0 Å². The first kappa shape index (κ1) is 15.3. The van der Waals surface area contributed by atoms with Crippen molar-refractivity contribution >= 4 is 15.7 Å². The number of sulfonamides is 1. The highest BCUT2D eigenvalue weighted by molar-refractivity contribution is 7.89. The van der Waals surface area contributed by atoms with Gasteiger partial charge in [-0.05, 0) is 41.4 Å². The third-order valence-corrected chi connectivity index (χ3v) is 6.98. The lowest BCUT2D eigenvalue weighted by molar-refractivity contribution is 0.457. The minimum Gasteiger partial charge on any atom is -0.398 e. The van der Waals surface area contributed by atoms with Crippen molar-refractivity contribution in [2.75, 3.05) is 12.3 Å². The Labute approximate surface area is 121 Å². The van der Waals surface area contributed by atoms with Crippen molar-refractivity contribution in [2.24, 2.45) is 16.7 Å². The van der Waals surface area contributed by atoms with Gasteiger partial charge in [-0.2, -0.15) is 0 Å². The third-order valence-electron chi connectivity index (χ3n) is 5.41. The first-order chi connectivity index (χ1) is 9.02. The smallest absolute Gasteiger partial charge is 0.240 e. The summed E-state index contributed by atoms with van der Waals surface area (Å²) in [6, 6.07) is 4.97. The van der Waals surface area contributed by atoms with E-state index in [0.717, 1.165) is 0 Å². The summed E-state index contributed by atoms with van der Waals surface area (Å²) in [5.74, 6) is 0.353. The molecule has 0 aromatic heterocycles. The van der Waals surface area contributed by atoms with E-state index in [9.17, 15) is 8.42 Å². The number of benzene rings is 1. The summed E-state index contributed by atoms with van der Waals surface area (Å²) in [5, 5.41) is 0. The lowest BCUT2D eigenvalue weighted by atomic mass is 10.0. The summed E-state index contributed by atoms with van der Waals surface area (Å²) in [6.45, 7) is 10.9. The van der Waals surface area contributed by atoms with Crippen molar-refractivity contribution in [1.29, 1.82) is 0 Å². The quantitative estimate of drug-likeness (QED) is 0.839. The van der Waals surface area contributed by atoms with E-state index in [1.165, 1.54) is 0 Å². The van der Waals surface area contributed by atoms with Gasteiger partial charge in [0.2, 0.25) is 10.0 Å². The number of anilines is 1. The molecular weight excluding hydrogens is 272 g/mol. The highest BCUT2D eigenvalue weighted by atomic mass is 32.2. The van der Waals surface area contributed by atoms with Crippen LogP contribution in [-0.4, -0.2) is 15.0 Å². The molecule has 1 saturated carbocycles. The number of hydrogen-bond acceptors (Lipinski definition) is 3. The van der Waals surface area contributed by atoms with Gasteiger partial charge in [-0.3, -0.25) is 0 Å².